The van der Waals surface area contributed by atoms with Crippen LogP contribution in [0.1, 0.15) is 38.7 Å². The zero-order valence-corrected chi connectivity index (χ0v) is 20.7. The number of hydrogen-bond acceptors (Lipinski definition) is 6. The molecular formula is C22H33NO3S2Si. The third-order valence-electron chi connectivity index (χ3n) is 4.96. The van der Waals surface area contributed by atoms with Crippen molar-refractivity contribution in [2.45, 2.75) is 63.0 Å². The maximum absolute atomic E-state index is 12.0. The van der Waals surface area contributed by atoms with E-state index in [0.29, 0.717) is 23.8 Å². The number of carbonyl (C=O) groups is 1. The Morgan fingerprint density at radius 1 is 1.24 bits per heavy atom. The maximum Gasteiger partial charge on any atom is 0.305 e. The normalized spacial score (nSPS) is 13.3. The van der Waals surface area contributed by atoms with Crippen LogP contribution in [0.15, 0.2) is 30.3 Å². The minimum atomic E-state index is -1.03. The number of esters is 1. The van der Waals surface area contributed by atoms with E-state index in [2.05, 4.69) is 26.1 Å². The molecule has 160 valence electrons. The molecule has 0 N–H and O–H groups in total. The quantitative estimate of drug-likeness (QED) is 0.163. The van der Waals surface area contributed by atoms with Gasteiger partial charge < -0.3 is 9.47 Å². The molecule has 4 nitrogen and oxygen atoms in total. The van der Waals surface area contributed by atoms with Crippen LogP contribution in [0.2, 0.25) is 25.2 Å². The fourth-order valence-corrected chi connectivity index (χ4v) is 5.58. The van der Waals surface area contributed by atoms with Gasteiger partial charge >= 0.3 is 5.97 Å². The second-order valence-corrected chi connectivity index (χ2v) is 15.8. The van der Waals surface area contributed by atoms with E-state index < -0.39 is 12.8 Å². The number of ether oxygens (including phenoxy) is 2. The van der Waals surface area contributed by atoms with Gasteiger partial charge in [0.1, 0.15) is 11.4 Å². The van der Waals surface area contributed by atoms with Crippen LogP contribution in [0.4, 0.5) is 0 Å². The second kappa shape index (κ2) is 13.2. The molecule has 0 bridgehead atoms. The summed E-state index contributed by atoms with van der Waals surface area (Å²) in [5.74, 6) is -0.305. The van der Waals surface area contributed by atoms with Gasteiger partial charge in [-0.25, -0.2) is 0 Å². The number of thiocarbonyl (C=S) groups is 1. The number of carbonyl (C=O) groups excluding carboxylic acids is 1. The lowest BCUT2D eigenvalue weighted by atomic mass is 10.1. The molecule has 0 aliphatic rings. The largest absolute Gasteiger partial charge is 0.463 e. The lowest BCUT2D eigenvalue weighted by Gasteiger charge is -2.21. The van der Waals surface area contributed by atoms with E-state index in [-0.39, 0.29) is 19.0 Å². The van der Waals surface area contributed by atoms with E-state index in [0.717, 1.165) is 12.0 Å². The Kier molecular flexibility index (Phi) is 11.7. The summed E-state index contributed by atoms with van der Waals surface area (Å²) >= 11 is 6.77. The lowest BCUT2D eigenvalue weighted by molar-refractivity contribution is -0.145. The van der Waals surface area contributed by atoms with Crippen molar-refractivity contribution >= 4 is 42.2 Å². The molecule has 0 amide bonds. The second-order valence-electron chi connectivity index (χ2n) is 8.05. The maximum atomic E-state index is 12.0. The fourth-order valence-electron chi connectivity index (χ4n) is 2.53. The zero-order chi connectivity index (χ0) is 21.8. The number of hydrogen-bond donors (Lipinski definition) is 0. The Morgan fingerprint density at radius 3 is 2.55 bits per heavy atom. The Labute approximate surface area is 186 Å². The number of nitrogens with zero attached hydrogens (tertiary/aromatic N) is 1. The van der Waals surface area contributed by atoms with Crippen molar-refractivity contribution in [2.24, 2.45) is 0 Å². The number of rotatable bonds is 13. The van der Waals surface area contributed by atoms with E-state index in [4.69, 9.17) is 21.7 Å². The third kappa shape index (κ3) is 10.9. The molecule has 0 aliphatic carbocycles. The van der Waals surface area contributed by atoms with Gasteiger partial charge in [0.25, 0.3) is 0 Å². The Bertz CT molecular complexity index is 691. The minimum absolute atomic E-state index is 0.185. The topological polar surface area (TPSA) is 59.3 Å². The molecule has 1 unspecified atom stereocenters. The first kappa shape index (κ1) is 25.8. The molecule has 1 aromatic rings. The first-order valence-corrected chi connectivity index (χ1v) is 14.8. The van der Waals surface area contributed by atoms with Gasteiger partial charge in [-0.2, -0.15) is 5.26 Å². The highest BCUT2D eigenvalue weighted by atomic mass is 32.2. The molecule has 1 rings (SSSR count). The van der Waals surface area contributed by atoms with Crippen LogP contribution >= 0.6 is 24.0 Å². The molecule has 0 fully saturated rings. The van der Waals surface area contributed by atoms with Crippen molar-refractivity contribution in [1.82, 2.24) is 0 Å². The predicted molar refractivity (Wildman–Crippen MR) is 128 cm³/mol. The molecule has 1 aromatic carbocycles. The minimum Gasteiger partial charge on any atom is -0.463 e. The summed E-state index contributed by atoms with van der Waals surface area (Å²) in [5, 5.41) is 9.57. The van der Waals surface area contributed by atoms with Crippen molar-refractivity contribution in [1.29, 1.82) is 5.26 Å². The van der Waals surface area contributed by atoms with Crippen LogP contribution in [0.25, 0.3) is 0 Å². The van der Waals surface area contributed by atoms with Crippen LogP contribution in [0.5, 0.6) is 0 Å². The summed E-state index contributed by atoms with van der Waals surface area (Å²) in [4.78, 5) is 12.0. The molecule has 0 saturated heterocycles. The Hall–Kier alpha value is -1.20. The summed E-state index contributed by atoms with van der Waals surface area (Å²) in [5.41, 5.74) is 0.915. The molecule has 0 aliphatic heterocycles. The van der Waals surface area contributed by atoms with Crippen LogP contribution in [-0.2, 0) is 14.3 Å². The number of benzene rings is 1. The first-order valence-electron chi connectivity index (χ1n) is 10.1. The van der Waals surface area contributed by atoms with Crippen molar-refractivity contribution < 1.29 is 14.3 Å². The van der Waals surface area contributed by atoms with Crippen LogP contribution < -0.4 is 0 Å². The van der Waals surface area contributed by atoms with Gasteiger partial charge in [-0.1, -0.05) is 86.4 Å². The van der Waals surface area contributed by atoms with Gasteiger partial charge in [-0.15, -0.1) is 0 Å². The van der Waals surface area contributed by atoms with Gasteiger partial charge in [0.15, 0.2) is 0 Å². The summed E-state index contributed by atoms with van der Waals surface area (Å²) in [6.45, 7) is 10.3. The molecule has 0 saturated carbocycles. The van der Waals surface area contributed by atoms with Crippen molar-refractivity contribution in [3.63, 3.8) is 0 Å². The van der Waals surface area contributed by atoms with Gasteiger partial charge in [0.2, 0.25) is 0 Å². The monoisotopic (exact) mass is 451 g/mol. The lowest BCUT2D eigenvalue weighted by Crippen LogP contribution is -2.24. The average molecular weight is 452 g/mol. The number of thioether (sulfide) groups is 1. The molecular weight excluding hydrogens is 418 g/mol. The summed E-state index contributed by atoms with van der Waals surface area (Å²) < 4.78 is 10.7. The number of nitriles is 1. The van der Waals surface area contributed by atoms with Gasteiger partial charge in [-0.05, 0) is 25.3 Å². The smallest absolute Gasteiger partial charge is 0.305 e. The van der Waals surface area contributed by atoms with E-state index in [1.165, 1.54) is 23.9 Å². The SMILES string of the molecule is CC[Si](C)(C)CCCOCCOC(=O)CCC(C)(C#N)SC(=S)c1ccccc1. The van der Waals surface area contributed by atoms with Crippen LogP contribution in [0, 0.1) is 11.3 Å². The van der Waals surface area contributed by atoms with Crippen LogP contribution in [0.3, 0.4) is 0 Å². The van der Waals surface area contributed by atoms with Gasteiger partial charge in [0, 0.05) is 21.1 Å². The van der Waals surface area contributed by atoms with E-state index >= 15 is 0 Å². The van der Waals surface area contributed by atoms with E-state index in [9.17, 15) is 10.1 Å². The zero-order valence-electron chi connectivity index (χ0n) is 18.0. The standard InChI is InChI=1S/C22H33NO3S2Si/c1-5-29(3,4)17-9-14-25-15-16-26-20(24)12-13-22(2,18-23)28-21(27)19-10-7-6-8-11-19/h6-8,10-11H,5,9,12-17H2,1-4H3. The summed E-state index contributed by atoms with van der Waals surface area (Å²) in [6.07, 6.45) is 1.64. The molecule has 0 spiro atoms. The molecule has 0 heterocycles. The highest BCUT2D eigenvalue weighted by Crippen LogP contribution is 2.33. The van der Waals surface area contributed by atoms with Crippen molar-refractivity contribution in [3.8, 4) is 6.07 Å². The van der Waals surface area contributed by atoms with Gasteiger partial charge in [-0.3, -0.25) is 4.79 Å². The van der Waals surface area contributed by atoms with Crippen molar-refractivity contribution in [2.75, 3.05) is 19.8 Å². The molecule has 29 heavy (non-hydrogen) atoms. The van der Waals surface area contributed by atoms with Gasteiger partial charge in [0.05, 0.1) is 16.9 Å². The molecule has 1 atom stereocenters. The Balaban J connectivity index is 2.25. The average Bonchev–Trinajstić information content (AvgIpc) is 2.72. The van der Waals surface area contributed by atoms with Crippen LogP contribution in [-0.4, -0.2) is 42.8 Å². The predicted octanol–water partition coefficient (Wildman–Crippen LogP) is 5.84. The summed E-state index contributed by atoms with van der Waals surface area (Å²) in [7, 11) is -1.03. The Morgan fingerprint density at radius 2 is 1.93 bits per heavy atom. The fraction of sp³-hybridized carbons (Fsp3) is 0.591. The highest BCUT2D eigenvalue weighted by molar-refractivity contribution is 8.24. The first-order chi connectivity index (χ1) is 13.7. The molecule has 0 radical (unpaired) electrons. The van der Waals surface area contributed by atoms with Crippen molar-refractivity contribution in [3.05, 3.63) is 35.9 Å². The van der Waals surface area contributed by atoms with E-state index in [1.54, 1.807) is 0 Å². The molecule has 0 aromatic heterocycles. The highest BCUT2D eigenvalue weighted by Gasteiger charge is 2.28. The molecule has 7 heteroatoms. The van der Waals surface area contributed by atoms with E-state index in [1.807, 2.05) is 37.3 Å². The third-order valence-corrected chi connectivity index (χ3v) is 10.2. The summed E-state index contributed by atoms with van der Waals surface area (Å²) in [6, 6.07) is 14.4.